The summed E-state index contributed by atoms with van der Waals surface area (Å²) in [5.74, 6) is 1.80. The van der Waals surface area contributed by atoms with E-state index in [9.17, 15) is 0 Å². The van der Waals surface area contributed by atoms with E-state index in [0.29, 0.717) is 0 Å². The lowest BCUT2D eigenvalue weighted by molar-refractivity contribution is 0.763. The molecular weight excluding hydrogens is 645 g/mol. The summed E-state index contributed by atoms with van der Waals surface area (Å²) in [6, 6.07) is 50.2. The Morgan fingerprint density at radius 1 is 0.528 bits per heavy atom. The highest BCUT2D eigenvalue weighted by Gasteiger charge is 2.27. The molecule has 2 heterocycles. The highest BCUT2D eigenvalue weighted by atomic mass is 15.2. The topological polar surface area (TPSA) is 32.3 Å². The summed E-state index contributed by atoms with van der Waals surface area (Å²) in [6.07, 6.45) is 8.09. The Morgan fingerprint density at radius 2 is 1.11 bits per heavy atom. The number of rotatable bonds is 8. The molecule has 0 radical (unpaired) electrons. The van der Waals surface area contributed by atoms with Crippen LogP contribution < -0.4 is 9.80 Å². The Bertz CT molecular complexity index is 2780. The highest BCUT2D eigenvalue weighted by Crippen LogP contribution is 2.49. The lowest BCUT2D eigenvalue weighted by atomic mass is 9.88. The molecule has 0 saturated heterocycles. The molecular formula is C49H40N4. The summed E-state index contributed by atoms with van der Waals surface area (Å²) in [5.41, 5.74) is 8.27. The quantitative estimate of drug-likeness (QED) is 0.149. The largest absolute Gasteiger partial charge is 0.319 e. The van der Waals surface area contributed by atoms with Crippen molar-refractivity contribution in [2.75, 3.05) is 9.80 Å². The fourth-order valence-electron chi connectivity index (χ4n) is 8.34. The van der Waals surface area contributed by atoms with Crippen molar-refractivity contribution in [2.45, 2.75) is 33.7 Å². The van der Waals surface area contributed by atoms with E-state index in [1.807, 2.05) is 24.5 Å². The molecule has 0 fully saturated rings. The van der Waals surface area contributed by atoms with E-state index in [-0.39, 0.29) is 6.04 Å². The summed E-state index contributed by atoms with van der Waals surface area (Å²) < 4.78 is 0. The van der Waals surface area contributed by atoms with Gasteiger partial charge in [0.1, 0.15) is 11.6 Å². The minimum Gasteiger partial charge on any atom is -0.319 e. The fourth-order valence-corrected chi connectivity index (χ4v) is 8.34. The van der Waals surface area contributed by atoms with Gasteiger partial charge in [0.15, 0.2) is 0 Å². The molecule has 1 atom stereocenters. The first kappa shape index (κ1) is 32.4. The Balaban J connectivity index is 1.35. The second-order valence-corrected chi connectivity index (χ2v) is 13.9. The van der Waals surface area contributed by atoms with Crippen molar-refractivity contribution in [1.82, 2.24) is 9.97 Å². The second kappa shape index (κ2) is 13.2. The van der Waals surface area contributed by atoms with E-state index in [0.717, 1.165) is 28.7 Å². The zero-order valence-corrected chi connectivity index (χ0v) is 30.5. The predicted octanol–water partition coefficient (Wildman–Crippen LogP) is 13.5. The maximum absolute atomic E-state index is 4.95. The van der Waals surface area contributed by atoms with Crippen molar-refractivity contribution >= 4 is 77.9 Å². The van der Waals surface area contributed by atoms with E-state index in [1.165, 1.54) is 65.3 Å². The molecule has 0 bridgehead atoms. The first-order valence-electron chi connectivity index (χ1n) is 18.4. The van der Waals surface area contributed by atoms with Crippen molar-refractivity contribution < 1.29 is 0 Å². The van der Waals surface area contributed by atoms with Crippen LogP contribution in [0, 0.1) is 13.8 Å². The number of aromatic nitrogens is 2. The first-order chi connectivity index (χ1) is 26.0. The molecule has 0 saturated carbocycles. The average molecular weight is 685 g/mol. The van der Waals surface area contributed by atoms with Gasteiger partial charge in [-0.3, -0.25) is 4.90 Å². The van der Waals surface area contributed by atoms with Gasteiger partial charge < -0.3 is 4.90 Å². The minimum atomic E-state index is -0.00141. The molecule has 1 unspecified atom stereocenters. The molecule has 4 heteroatoms. The number of benzene rings is 7. The SMILES string of the molecule is C/C=C\c1ccccc1C(C)N(c1ccccn1)c1cc(C)c2ccc3c(N(c4ccccn4)c4cccc5ccccc45)cc(C)c4ccc1c2c43. The van der Waals surface area contributed by atoms with Crippen LogP contribution in [0.25, 0.3) is 49.2 Å². The number of hydrogen-bond acceptors (Lipinski definition) is 4. The number of hydrogen-bond donors (Lipinski definition) is 0. The van der Waals surface area contributed by atoms with Gasteiger partial charge in [0.25, 0.3) is 0 Å². The van der Waals surface area contributed by atoms with Crippen LogP contribution in [0.3, 0.4) is 0 Å². The second-order valence-electron chi connectivity index (χ2n) is 13.9. The van der Waals surface area contributed by atoms with Gasteiger partial charge in [-0.15, -0.1) is 0 Å². The van der Waals surface area contributed by atoms with E-state index in [1.54, 1.807) is 0 Å². The van der Waals surface area contributed by atoms with Gasteiger partial charge in [-0.25, -0.2) is 9.97 Å². The molecule has 0 spiro atoms. The van der Waals surface area contributed by atoms with E-state index >= 15 is 0 Å². The van der Waals surface area contributed by atoms with E-state index < -0.39 is 0 Å². The van der Waals surface area contributed by atoms with Crippen LogP contribution in [0.2, 0.25) is 0 Å². The number of aryl methyl sites for hydroxylation is 2. The van der Waals surface area contributed by atoms with Crippen LogP contribution in [0.4, 0.5) is 28.7 Å². The van der Waals surface area contributed by atoms with Crippen molar-refractivity contribution in [3.05, 3.63) is 180 Å². The Hall–Kier alpha value is -6.52. The molecule has 256 valence electrons. The summed E-state index contributed by atoms with van der Waals surface area (Å²) in [5, 5.41) is 9.83. The monoisotopic (exact) mass is 684 g/mol. The molecule has 53 heavy (non-hydrogen) atoms. The standard InChI is InChI=1S/C49H40N4/c1-5-15-35-16-6-8-19-39(35)34(4)52(46-22-10-12-28-50-46)44-30-32(2)37-25-27-42-45(31-33(3)38-24-26-41(44)48(37)49(38)42)53(47-23-11-13-29-51-47)43-21-14-18-36-17-7-9-20-40(36)43/h5-31,34H,1-4H3/b15-5-. The van der Waals surface area contributed by atoms with Gasteiger partial charge in [0.05, 0.1) is 23.1 Å². The summed E-state index contributed by atoms with van der Waals surface area (Å²) in [7, 11) is 0. The van der Waals surface area contributed by atoms with Crippen molar-refractivity contribution in [1.29, 1.82) is 0 Å². The molecule has 7 aromatic carbocycles. The molecule has 4 nitrogen and oxygen atoms in total. The summed E-state index contributed by atoms with van der Waals surface area (Å²) in [6.45, 7) is 8.85. The van der Waals surface area contributed by atoms with Gasteiger partial charge >= 0.3 is 0 Å². The van der Waals surface area contributed by atoms with Crippen molar-refractivity contribution in [3.8, 4) is 0 Å². The maximum atomic E-state index is 4.95. The van der Waals surface area contributed by atoms with Crippen LogP contribution in [0.1, 0.15) is 42.1 Å². The minimum absolute atomic E-state index is 0.00141. The van der Waals surface area contributed by atoms with Crippen molar-refractivity contribution in [3.63, 3.8) is 0 Å². The van der Waals surface area contributed by atoms with E-state index in [4.69, 9.17) is 9.97 Å². The number of pyridine rings is 2. The molecule has 0 N–H and O–H groups in total. The molecule has 0 aliphatic rings. The molecule has 0 amide bonds. The number of anilines is 5. The van der Waals surface area contributed by atoms with Gasteiger partial charge in [-0.2, -0.15) is 0 Å². The summed E-state index contributed by atoms with van der Waals surface area (Å²) >= 11 is 0. The lowest BCUT2D eigenvalue weighted by Crippen LogP contribution is -2.23. The average Bonchev–Trinajstić information content (AvgIpc) is 3.20. The Kier molecular flexibility index (Phi) is 8.08. The third-order valence-corrected chi connectivity index (χ3v) is 10.7. The first-order valence-corrected chi connectivity index (χ1v) is 18.4. The summed E-state index contributed by atoms with van der Waals surface area (Å²) in [4.78, 5) is 14.7. The van der Waals surface area contributed by atoms with Crippen molar-refractivity contribution in [2.24, 2.45) is 0 Å². The molecule has 0 aliphatic heterocycles. The predicted molar refractivity (Wildman–Crippen MR) is 226 cm³/mol. The van der Waals surface area contributed by atoms with Crippen LogP contribution >= 0.6 is 0 Å². The van der Waals surface area contributed by atoms with Crippen LogP contribution in [-0.4, -0.2) is 9.97 Å². The number of fused-ring (bicyclic) bond motifs is 1. The smallest absolute Gasteiger partial charge is 0.137 e. The molecule has 9 rings (SSSR count). The van der Waals surface area contributed by atoms with Crippen LogP contribution in [0.15, 0.2) is 158 Å². The zero-order chi connectivity index (χ0) is 36.1. The lowest BCUT2D eigenvalue weighted by Gasteiger charge is -2.34. The maximum Gasteiger partial charge on any atom is 0.137 e. The number of nitrogens with zero attached hydrogens (tertiary/aromatic N) is 4. The molecule has 9 aromatic rings. The third kappa shape index (κ3) is 5.37. The van der Waals surface area contributed by atoms with Crippen LogP contribution in [0.5, 0.6) is 0 Å². The normalized spacial score (nSPS) is 12.4. The van der Waals surface area contributed by atoms with Gasteiger partial charge in [-0.1, -0.05) is 109 Å². The van der Waals surface area contributed by atoms with Gasteiger partial charge in [0, 0.05) is 28.6 Å². The number of allylic oxidation sites excluding steroid dienone is 1. The third-order valence-electron chi connectivity index (χ3n) is 10.7. The Labute approximate surface area is 310 Å². The van der Waals surface area contributed by atoms with Gasteiger partial charge in [0.2, 0.25) is 0 Å². The zero-order valence-electron chi connectivity index (χ0n) is 30.5. The highest BCUT2D eigenvalue weighted by molar-refractivity contribution is 6.29. The molecule has 2 aromatic heterocycles. The fraction of sp³-hybridized carbons (Fsp3) is 0.102. The van der Waals surface area contributed by atoms with Crippen LogP contribution in [-0.2, 0) is 0 Å². The van der Waals surface area contributed by atoms with E-state index in [2.05, 4.69) is 177 Å². The van der Waals surface area contributed by atoms with Gasteiger partial charge in [-0.05, 0) is 119 Å². The Morgan fingerprint density at radius 3 is 1.81 bits per heavy atom. The molecule has 0 aliphatic carbocycles.